The van der Waals surface area contributed by atoms with E-state index in [0.717, 1.165) is 6.26 Å². The molecule has 0 atom stereocenters. The van der Waals surface area contributed by atoms with Crippen LogP contribution in [0.5, 0.6) is 11.5 Å². The SMILES string of the molecule is CS(=O)(=O)c1cccc(Oc2cccc(-c3ccc(N)c(N)c3C(F)(F)F)c2)c1. The highest BCUT2D eigenvalue weighted by molar-refractivity contribution is 7.90. The lowest BCUT2D eigenvalue weighted by molar-refractivity contribution is -0.136. The van der Waals surface area contributed by atoms with Crippen molar-refractivity contribution in [3.05, 3.63) is 66.2 Å². The molecule has 3 aromatic rings. The van der Waals surface area contributed by atoms with Crippen LogP contribution < -0.4 is 16.2 Å². The summed E-state index contributed by atoms with van der Waals surface area (Å²) in [4.78, 5) is 0.0665. The van der Waals surface area contributed by atoms with Crippen molar-refractivity contribution in [2.24, 2.45) is 0 Å². The smallest absolute Gasteiger partial charge is 0.419 e. The fourth-order valence-corrected chi connectivity index (χ4v) is 3.47. The predicted molar refractivity (Wildman–Crippen MR) is 105 cm³/mol. The van der Waals surface area contributed by atoms with Gasteiger partial charge in [0.05, 0.1) is 21.8 Å². The van der Waals surface area contributed by atoms with Crippen LogP contribution in [0.15, 0.2) is 65.6 Å². The van der Waals surface area contributed by atoms with Gasteiger partial charge in [0, 0.05) is 6.26 Å². The predicted octanol–water partition coefficient (Wildman–Crippen LogP) is 4.73. The van der Waals surface area contributed by atoms with Crippen LogP contribution in [0.1, 0.15) is 5.56 Å². The molecule has 0 spiro atoms. The summed E-state index contributed by atoms with van der Waals surface area (Å²) in [7, 11) is -3.43. The molecule has 0 saturated carbocycles. The summed E-state index contributed by atoms with van der Waals surface area (Å²) in [5, 5.41) is 0. The van der Waals surface area contributed by atoms with Crippen molar-refractivity contribution >= 4 is 21.2 Å². The van der Waals surface area contributed by atoms with Gasteiger partial charge in [-0.2, -0.15) is 13.2 Å². The van der Waals surface area contributed by atoms with Gasteiger partial charge in [-0.1, -0.05) is 24.3 Å². The minimum Gasteiger partial charge on any atom is -0.457 e. The van der Waals surface area contributed by atoms with E-state index >= 15 is 0 Å². The molecule has 0 aliphatic heterocycles. The lowest BCUT2D eigenvalue weighted by Crippen LogP contribution is -2.12. The number of ether oxygens (including phenoxy) is 1. The van der Waals surface area contributed by atoms with Gasteiger partial charge in [0.2, 0.25) is 0 Å². The van der Waals surface area contributed by atoms with Crippen LogP contribution >= 0.6 is 0 Å². The molecular formula is C20H17F3N2O3S. The van der Waals surface area contributed by atoms with Crippen LogP contribution in [0.2, 0.25) is 0 Å². The lowest BCUT2D eigenvalue weighted by atomic mass is 9.96. The molecule has 0 aliphatic rings. The van der Waals surface area contributed by atoms with Crippen LogP contribution in [0.4, 0.5) is 24.5 Å². The Kier molecular flexibility index (Phi) is 5.18. The Labute approximate surface area is 165 Å². The van der Waals surface area contributed by atoms with Crippen molar-refractivity contribution in [2.75, 3.05) is 17.7 Å². The molecule has 0 unspecified atom stereocenters. The molecule has 0 heterocycles. The maximum Gasteiger partial charge on any atom is 0.419 e. The van der Waals surface area contributed by atoms with E-state index in [0.29, 0.717) is 0 Å². The second kappa shape index (κ2) is 7.32. The molecule has 152 valence electrons. The molecule has 0 saturated heterocycles. The molecule has 3 rings (SSSR count). The molecule has 0 bridgehead atoms. The number of sulfone groups is 1. The summed E-state index contributed by atoms with van der Waals surface area (Å²) in [6, 6.07) is 14.3. The number of nitrogens with two attached hydrogens (primary N) is 2. The average molecular weight is 422 g/mol. The first-order chi connectivity index (χ1) is 13.5. The number of nitrogen functional groups attached to an aromatic ring is 2. The summed E-state index contributed by atoms with van der Waals surface area (Å²) in [5.41, 5.74) is 9.50. The van der Waals surface area contributed by atoms with Crippen LogP contribution in [0, 0.1) is 0 Å². The minimum absolute atomic E-state index is 0.0665. The first-order valence-corrected chi connectivity index (χ1v) is 10.2. The summed E-state index contributed by atoms with van der Waals surface area (Å²) in [6.45, 7) is 0. The van der Waals surface area contributed by atoms with E-state index in [1.165, 1.54) is 48.5 Å². The number of anilines is 2. The summed E-state index contributed by atoms with van der Waals surface area (Å²) >= 11 is 0. The van der Waals surface area contributed by atoms with Gasteiger partial charge in [-0.15, -0.1) is 0 Å². The van der Waals surface area contributed by atoms with Gasteiger partial charge in [-0.05, 0) is 47.5 Å². The van der Waals surface area contributed by atoms with Crippen molar-refractivity contribution in [3.8, 4) is 22.6 Å². The lowest BCUT2D eigenvalue weighted by Gasteiger charge is -2.17. The number of hydrogen-bond donors (Lipinski definition) is 2. The molecular weight excluding hydrogens is 405 g/mol. The van der Waals surface area contributed by atoms with Gasteiger partial charge >= 0.3 is 6.18 Å². The highest BCUT2D eigenvalue weighted by atomic mass is 32.2. The molecule has 0 aliphatic carbocycles. The van der Waals surface area contributed by atoms with Gasteiger partial charge in [0.15, 0.2) is 9.84 Å². The number of benzene rings is 3. The van der Waals surface area contributed by atoms with E-state index in [-0.39, 0.29) is 33.2 Å². The topological polar surface area (TPSA) is 95.4 Å². The highest BCUT2D eigenvalue weighted by Gasteiger charge is 2.37. The van der Waals surface area contributed by atoms with Crippen molar-refractivity contribution < 1.29 is 26.3 Å². The van der Waals surface area contributed by atoms with Crippen molar-refractivity contribution in [3.63, 3.8) is 0 Å². The standard InChI is InChI=1S/C20H17F3N2O3S/c1-29(26,27)15-7-3-6-14(11-15)28-13-5-2-4-12(10-13)16-8-9-17(24)19(25)18(16)20(21,22)23/h2-11H,24-25H2,1H3. The average Bonchev–Trinajstić information content (AvgIpc) is 2.62. The first-order valence-electron chi connectivity index (χ1n) is 8.30. The van der Waals surface area contributed by atoms with Gasteiger partial charge in [-0.3, -0.25) is 0 Å². The quantitative estimate of drug-likeness (QED) is 0.593. The number of rotatable bonds is 4. The summed E-state index contributed by atoms with van der Waals surface area (Å²) in [6.07, 6.45) is -3.63. The molecule has 3 aromatic carbocycles. The second-order valence-electron chi connectivity index (χ2n) is 6.37. The summed E-state index contributed by atoms with van der Waals surface area (Å²) in [5.74, 6) is 0.467. The first kappa shape index (κ1) is 20.5. The van der Waals surface area contributed by atoms with E-state index in [1.807, 2.05) is 0 Å². The molecule has 0 fully saturated rings. The molecule has 9 heteroatoms. The zero-order valence-electron chi connectivity index (χ0n) is 15.2. The van der Waals surface area contributed by atoms with E-state index in [4.69, 9.17) is 16.2 Å². The van der Waals surface area contributed by atoms with Crippen LogP contribution in [-0.2, 0) is 16.0 Å². The Morgan fingerprint density at radius 1 is 0.897 bits per heavy atom. The van der Waals surface area contributed by atoms with E-state index in [9.17, 15) is 21.6 Å². The van der Waals surface area contributed by atoms with Crippen molar-refractivity contribution in [1.29, 1.82) is 0 Å². The van der Waals surface area contributed by atoms with E-state index in [2.05, 4.69) is 0 Å². The molecule has 0 aromatic heterocycles. The third-order valence-corrected chi connectivity index (χ3v) is 5.29. The second-order valence-corrected chi connectivity index (χ2v) is 8.38. The van der Waals surface area contributed by atoms with Gasteiger partial charge in [0.25, 0.3) is 0 Å². The van der Waals surface area contributed by atoms with E-state index in [1.54, 1.807) is 12.1 Å². The normalized spacial score (nSPS) is 12.0. The van der Waals surface area contributed by atoms with Gasteiger partial charge in [0.1, 0.15) is 11.5 Å². The maximum atomic E-state index is 13.6. The number of halogens is 3. The van der Waals surface area contributed by atoms with Crippen molar-refractivity contribution in [1.82, 2.24) is 0 Å². The Balaban J connectivity index is 2.03. The summed E-state index contributed by atoms with van der Waals surface area (Å²) < 4.78 is 69.7. The Morgan fingerprint density at radius 2 is 1.52 bits per heavy atom. The minimum atomic E-state index is -4.70. The maximum absolute atomic E-state index is 13.6. The Morgan fingerprint density at radius 3 is 2.14 bits per heavy atom. The number of alkyl halides is 3. The molecule has 5 nitrogen and oxygen atoms in total. The van der Waals surface area contributed by atoms with Crippen LogP contribution in [0.25, 0.3) is 11.1 Å². The molecule has 4 N–H and O–H groups in total. The van der Waals surface area contributed by atoms with Crippen molar-refractivity contribution in [2.45, 2.75) is 11.1 Å². The highest BCUT2D eigenvalue weighted by Crippen LogP contribution is 2.43. The van der Waals surface area contributed by atoms with E-state index < -0.39 is 27.3 Å². The van der Waals surface area contributed by atoms with Crippen LogP contribution in [-0.4, -0.2) is 14.7 Å². The van der Waals surface area contributed by atoms with Gasteiger partial charge in [-0.25, -0.2) is 8.42 Å². The monoisotopic (exact) mass is 422 g/mol. The molecule has 0 radical (unpaired) electrons. The third kappa shape index (κ3) is 4.45. The fraction of sp³-hybridized carbons (Fsp3) is 0.100. The third-order valence-electron chi connectivity index (χ3n) is 4.18. The largest absolute Gasteiger partial charge is 0.457 e. The zero-order valence-corrected chi connectivity index (χ0v) is 16.0. The molecule has 29 heavy (non-hydrogen) atoms. The number of hydrogen-bond acceptors (Lipinski definition) is 5. The molecule has 0 amide bonds. The van der Waals surface area contributed by atoms with Gasteiger partial charge < -0.3 is 16.2 Å². The van der Waals surface area contributed by atoms with Crippen LogP contribution in [0.3, 0.4) is 0 Å². The Hall–Kier alpha value is -3.20. The zero-order chi connectivity index (χ0) is 21.4. The Bertz CT molecular complexity index is 1180. The fourth-order valence-electron chi connectivity index (χ4n) is 2.81.